The number of carboxylic acid groups (broad SMARTS) is 1. The van der Waals surface area contributed by atoms with Crippen molar-refractivity contribution in [2.24, 2.45) is 0 Å². The molecule has 20 heavy (non-hydrogen) atoms. The van der Waals surface area contributed by atoms with Crippen molar-refractivity contribution < 1.29 is 20.1 Å². The molecule has 0 radical (unpaired) electrons. The van der Waals surface area contributed by atoms with Gasteiger partial charge in [0.15, 0.2) is 0 Å². The number of rotatable bonds is 5. The summed E-state index contributed by atoms with van der Waals surface area (Å²) in [5, 5.41) is 30.5. The number of carboxylic acids is 1. The van der Waals surface area contributed by atoms with Crippen LogP contribution in [0.4, 0.5) is 0 Å². The largest absolute Gasteiger partial charge is 0.478 e. The lowest BCUT2D eigenvalue weighted by Crippen LogP contribution is -2.19. The molecule has 2 rings (SSSR count). The molecule has 0 spiro atoms. The molecular formula is C15H16O4S. The number of hydrogen-bond donors (Lipinski definition) is 4. The fourth-order valence-corrected chi connectivity index (χ4v) is 2.54. The Morgan fingerprint density at radius 1 is 1.10 bits per heavy atom. The molecule has 2 atom stereocenters. The van der Waals surface area contributed by atoms with E-state index in [1.54, 1.807) is 30.3 Å². The second kappa shape index (κ2) is 6.26. The summed E-state index contributed by atoms with van der Waals surface area (Å²) >= 11 is 4.03. The summed E-state index contributed by atoms with van der Waals surface area (Å²) in [5.41, 5.74) is 0.708. The van der Waals surface area contributed by atoms with Crippen molar-refractivity contribution in [2.75, 3.05) is 5.75 Å². The van der Waals surface area contributed by atoms with Gasteiger partial charge in [0, 0.05) is 0 Å². The highest BCUT2D eigenvalue weighted by Crippen LogP contribution is 2.29. The predicted molar refractivity (Wildman–Crippen MR) is 80.3 cm³/mol. The van der Waals surface area contributed by atoms with Crippen LogP contribution >= 0.6 is 12.6 Å². The maximum atomic E-state index is 11.2. The lowest BCUT2D eigenvalue weighted by Gasteiger charge is -2.19. The Morgan fingerprint density at radius 3 is 2.40 bits per heavy atom. The molecule has 2 aromatic rings. The van der Waals surface area contributed by atoms with Gasteiger partial charge in [-0.1, -0.05) is 30.3 Å². The first-order valence-corrected chi connectivity index (χ1v) is 6.91. The van der Waals surface area contributed by atoms with Gasteiger partial charge in [0.1, 0.15) is 6.10 Å². The zero-order valence-electron chi connectivity index (χ0n) is 10.7. The minimum atomic E-state index is -1.06. The van der Waals surface area contributed by atoms with Crippen LogP contribution in [0.5, 0.6) is 0 Å². The molecule has 2 aromatic carbocycles. The van der Waals surface area contributed by atoms with Crippen LogP contribution in [0.15, 0.2) is 36.4 Å². The SMILES string of the molecule is O=C(O)c1cccc2c(C(O)C(O)CCS)cccc12. The van der Waals surface area contributed by atoms with Crippen LogP contribution in [0.3, 0.4) is 0 Å². The number of carbonyl (C=O) groups is 1. The Kier molecular flexibility index (Phi) is 4.65. The zero-order valence-corrected chi connectivity index (χ0v) is 11.6. The van der Waals surface area contributed by atoms with E-state index in [1.807, 2.05) is 0 Å². The topological polar surface area (TPSA) is 77.8 Å². The predicted octanol–water partition coefficient (Wildman–Crippen LogP) is 2.25. The average Bonchev–Trinajstić information content (AvgIpc) is 2.45. The first kappa shape index (κ1) is 14.8. The first-order valence-electron chi connectivity index (χ1n) is 6.28. The van der Waals surface area contributed by atoms with E-state index < -0.39 is 18.2 Å². The van der Waals surface area contributed by atoms with Crippen molar-refractivity contribution in [2.45, 2.75) is 18.6 Å². The Balaban J connectivity index is 2.55. The van der Waals surface area contributed by atoms with E-state index >= 15 is 0 Å². The van der Waals surface area contributed by atoms with E-state index in [1.165, 1.54) is 6.07 Å². The normalized spacial score (nSPS) is 14.2. The smallest absolute Gasteiger partial charge is 0.336 e. The van der Waals surface area contributed by atoms with E-state index in [-0.39, 0.29) is 5.56 Å². The van der Waals surface area contributed by atoms with Gasteiger partial charge in [-0.2, -0.15) is 12.6 Å². The first-order chi connectivity index (χ1) is 9.56. The molecule has 4 nitrogen and oxygen atoms in total. The second-order valence-corrected chi connectivity index (χ2v) is 5.02. The highest BCUT2D eigenvalue weighted by atomic mass is 32.1. The van der Waals surface area contributed by atoms with E-state index in [4.69, 9.17) is 0 Å². The Bertz CT molecular complexity index is 626. The Labute approximate surface area is 122 Å². The molecule has 0 aromatic heterocycles. The lowest BCUT2D eigenvalue weighted by molar-refractivity contribution is 0.0181. The molecule has 0 aliphatic rings. The quantitative estimate of drug-likeness (QED) is 0.637. The molecule has 5 heteroatoms. The number of thiol groups is 1. The summed E-state index contributed by atoms with van der Waals surface area (Å²) in [5.74, 6) is -0.554. The second-order valence-electron chi connectivity index (χ2n) is 4.58. The number of hydrogen-bond acceptors (Lipinski definition) is 4. The maximum absolute atomic E-state index is 11.2. The third-order valence-electron chi connectivity index (χ3n) is 3.29. The van der Waals surface area contributed by atoms with Crippen LogP contribution in [-0.2, 0) is 0 Å². The highest BCUT2D eigenvalue weighted by Gasteiger charge is 2.20. The molecule has 0 heterocycles. The van der Waals surface area contributed by atoms with Crippen molar-refractivity contribution in [3.05, 3.63) is 47.5 Å². The summed E-state index contributed by atoms with van der Waals surface area (Å²) in [4.78, 5) is 11.2. The van der Waals surface area contributed by atoms with Crippen LogP contribution in [0.1, 0.15) is 28.4 Å². The van der Waals surface area contributed by atoms with Gasteiger partial charge in [-0.25, -0.2) is 4.79 Å². The van der Waals surface area contributed by atoms with E-state index in [9.17, 15) is 20.1 Å². The molecule has 2 unspecified atom stereocenters. The van der Waals surface area contributed by atoms with Gasteiger partial charge in [0.05, 0.1) is 11.7 Å². The lowest BCUT2D eigenvalue weighted by atomic mass is 9.94. The third kappa shape index (κ3) is 2.80. The summed E-state index contributed by atoms with van der Waals surface area (Å²) in [6, 6.07) is 9.97. The molecule has 0 saturated carbocycles. The zero-order chi connectivity index (χ0) is 14.7. The molecule has 106 valence electrons. The number of benzene rings is 2. The number of aliphatic hydroxyl groups excluding tert-OH is 2. The molecule has 0 bridgehead atoms. The fraction of sp³-hybridized carbons (Fsp3) is 0.267. The standard InChI is InChI=1S/C15H16O4S/c16-13(7-8-20)14(17)11-5-1-4-10-9(11)3-2-6-12(10)15(18)19/h1-6,13-14,16-17,20H,7-8H2,(H,18,19). The molecule has 0 fully saturated rings. The maximum Gasteiger partial charge on any atom is 0.336 e. The van der Waals surface area contributed by atoms with Gasteiger partial charge >= 0.3 is 5.97 Å². The molecule has 0 amide bonds. The van der Waals surface area contributed by atoms with Crippen molar-refractivity contribution in [3.8, 4) is 0 Å². The molecule has 0 saturated heterocycles. The summed E-state index contributed by atoms with van der Waals surface area (Å²) in [6.45, 7) is 0. The van der Waals surface area contributed by atoms with E-state index in [0.717, 1.165) is 0 Å². The van der Waals surface area contributed by atoms with Gasteiger partial charge in [0.2, 0.25) is 0 Å². The van der Waals surface area contributed by atoms with Crippen LogP contribution in [0.25, 0.3) is 10.8 Å². The van der Waals surface area contributed by atoms with Gasteiger partial charge < -0.3 is 15.3 Å². The van der Waals surface area contributed by atoms with Crippen molar-refractivity contribution in [1.82, 2.24) is 0 Å². The van der Waals surface area contributed by atoms with Crippen molar-refractivity contribution in [3.63, 3.8) is 0 Å². The average molecular weight is 292 g/mol. The monoisotopic (exact) mass is 292 g/mol. The van der Waals surface area contributed by atoms with Gasteiger partial charge in [-0.15, -0.1) is 0 Å². The third-order valence-corrected chi connectivity index (χ3v) is 3.55. The number of fused-ring (bicyclic) bond motifs is 1. The van der Waals surface area contributed by atoms with Crippen LogP contribution < -0.4 is 0 Å². The molecule has 0 aliphatic carbocycles. The molecule has 3 N–H and O–H groups in total. The minimum Gasteiger partial charge on any atom is -0.478 e. The molecule has 0 aliphatic heterocycles. The van der Waals surface area contributed by atoms with Crippen molar-refractivity contribution >= 4 is 29.4 Å². The fourth-order valence-electron chi connectivity index (χ4n) is 2.28. The number of aliphatic hydroxyl groups is 2. The molecular weight excluding hydrogens is 276 g/mol. The van der Waals surface area contributed by atoms with Gasteiger partial charge in [-0.3, -0.25) is 0 Å². The van der Waals surface area contributed by atoms with Gasteiger partial charge in [-0.05, 0) is 34.6 Å². The Hall–Kier alpha value is -1.56. The summed E-state index contributed by atoms with van der Waals surface area (Å²) < 4.78 is 0. The Morgan fingerprint density at radius 2 is 1.75 bits per heavy atom. The van der Waals surface area contributed by atoms with Crippen molar-refractivity contribution in [1.29, 1.82) is 0 Å². The van der Waals surface area contributed by atoms with Crippen LogP contribution in [0.2, 0.25) is 0 Å². The van der Waals surface area contributed by atoms with E-state index in [2.05, 4.69) is 12.6 Å². The summed E-state index contributed by atoms with van der Waals surface area (Å²) in [7, 11) is 0. The van der Waals surface area contributed by atoms with Gasteiger partial charge in [0.25, 0.3) is 0 Å². The number of aromatic carboxylic acids is 1. The minimum absolute atomic E-state index is 0.181. The summed E-state index contributed by atoms with van der Waals surface area (Å²) in [6.07, 6.45) is -1.62. The highest BCUT2D eigenvalue weighted by molar-refractivity contribution is 7.80. The van der Waals surface area contributed by atoms with Crippen LogP contribution in [0, 0.1) is 0 Å². The van der Waals surface area contributed by atoms with E-state index in [0.29, 0.717) is 28.5 Å². The van der Waals surface area contributed by atoms with Crippen LogP contribution in [-0.4, -0.2) is 33.1 Å².